The van der Waals surface area contributed by atoms with E-state index < -0.39 is 18.1 Å². The van der Waals surface area contributed by atoms with Crippen LogP contribution in [0.1, 0.15) is 28.2 Å². The molecule has 0 aliphatic rings. The molecule has 1 heterocycles. The lowest BCUT2D eigenvalue weighted by Gasteiger charge is -2.12. The monoisotopic (exact) mass is 246 g/mol. The van der Waals surface area contributed by atoms with Gasteiger partial charge in [0.15, 0.2) is 5.69 Å². The summed E-state index contributed by atoms with van der Waals surface area (Å²) in [5.41, 5.74) is 4.87. The molecule has 0 atom stereocenters. The summed E-state index contributed by atoms with van der Waals surface area (Å²) < 4.78 is 34.5. The molecule has 5 nitrogen and oxygen atoms in total. The highest BCUT2D eigenvalue weighted by Crippen LogP contribution is 2.27. The highest BCUT2D eigenvalue weighted by molar-refractivity contribution is 5.89. The first-order valence-corrected chi connectivity index (χ1v) is 4.69. The first-order chi connectivity index (χ1) is 8.04. The third-order valence-corrected chi connectivity index (χ3v) is 2.13. The van der Waals surface area contributed by atoms with Crippen molar-refractivity contribution >= 4 is 5.97 Å². The zero-order valence-electron chi connectivity index (χ0n) is 9.37. The second kappa shape index (κ2) is 5.53. The second-order valence-electron chi connectivity index (χ2n) is 3.07. The molecule has 0 aliphatic carbocycles. The standard InChI is InChI=1S/C10H12F2N2O3/c1-16-7-3-6(9(11)12)14-8(5(7)4-13)10(15)17-2/h3,9H,4,13H2,1-2H3. The Kier molecular flexibility index (Phi) is 4.33. The van der Waals surface area contributed by atoms with Crippen LogP contribution >= 0.6 is 0 Å². The summed E-state index contributed by atoms with van der Waals surface area (Å²) in [5.74, 6) is -0.732. The van der Waals surface area contributed by atoms with Crippen LogP contribution in [0.3, 0.4) is 0 Å². The van der Waals surface area contributed by atoms with Gasteiger partial charge in [-0.05, 0) is 0 Å². The summed E-state index contributed by atoms with van der Waals surface area (Å²) in [7, 11) is 2.43. The van der Waals surface area contributed by atoms with Crippen LogP contribution in [0.25, 0.3) is 0 Å². The molecule has 94 valence electrons. The van der Waals surface area contributed by atoms with E-state index in [1.165, 1.54) is 7.11 Å². The molecule has 0 aromatic carbocycles. The molecule has 17 heavy (non-hydrogen) atoms. The largest absolute Gasteiger partial charge is 0.496 e. The van der Waals surface area contributed by atoms with Crippen LogP contribution in [0.2, 0.25) is 0 Å². The van der Waals surface area contributed by atoms with E-state index in [4.69, 9.17) is 10.5 Å². The summed E-state index contributed by atoms with van der Waals surface area (Å²) >= 11 is 0. The maximum absolute atomic E-state index is 12.6. The second-order valence-corrected chi connectivity index (χ2v) is 3.07. The van der Waals surface area contributed by atoms with Crippen molar-refractivity contribution in [1.29, 1.82) is 0 Å². The van der Waals surface area contributed by atoms with Gasteiger partial charge in [0.05, 0.1) is 14.2 Å². The predicted octanol–water partition coefficient (Wildman–Crippen LogP) is 1.27. The minimum atomic E-state index is -2.81. The van der Waals surface area contributed by atoms with Crippen molar-refractivity contribution in [2.45, 2.75) is 13.0 Å². The lowest BCUT2D eigenvalue weighted by Crippen LogP contribution is -2.14. The predicted molar refractivity (Wildman–Crippen MR) is 55.0 cm³/mol. The minimum Gasteiger partial charge on any atom is -0.496 e. The molecule has 0 fully saturated rings. The Labute approximate surface area is 96.5 Å². The molecule has 0 amide bonds. The van der Waals surface area contributed by atoms with Gasteiger partial charge < -0.3 is 15.2 Å². The normalized spacial score (nSPS) is 10.5. The highest BCUT2D eigenvalue weighted by Gasteiger charge is 2.22. The van der Waals surface area contributed by atoms with Crippen LogP contribution in [0.4, 0.5) is 8.78 Å². The van der Waals surface area contributed by atoms with Gasteiger partial charge in [0, 0.05) is 18.2 Å². The van der Waals surface area contributed by atoms with Crippen molar-refractivity contribution in [1.82, 2.24) is 4.98 Å². The number of halogens is 2. The van der Waals surface area contributed by atoms with Crippen LogP contribution in [-0.2, 0) is 11.3 Å². The number of ether oxygens (including phenoxy) is 2. The summed E-state index contributed by atoms with van der Waals surface area (Å²) in [6.45, 7) is -0.0654. The Balaban J connectivity index is 3.42. The lowest BCUT2D eigenvalue weighted by atomic mass is 10.1. The van der Waals surface area contributed by atoms with Gasteiger partial charge in [-0.2, -0.15) is 0 Å². The summed E-state index contributed by atoms with van der Waals surface area (Å²) in [4.78, 5) is 14.9. The first-order valence-electron chi connectivity index (χ1n) is 4.69. The molecule has 1 aromatic heterocycles. The number of nitrogens with two attached hydrogens (primary N) is 1. The average Bonchev–Trinajstić information content (AvgIpc) is 2.35. The zero-order valence-corrected chi connectivity index (χ0v) is 9.37. The third-order valence-electron chi connectivity index (χ3n) is 2.13. The fourth-order valence-electron chi connectivity index (χ4n) is 1.32. The van der Waals surface area contributed by atoms with Gasteiger partial charge in [0.25, 0.3) is 6.43 Å². The van der Waals surface area contributed by atoms with E-state index in [1.807, 2.05) is 0 Å². The molecule has 2 N–H and O–H groups in total. The van der Waals surface area contributed by atoms with Gasteiger partial charge in [0.1, 0.15) is 11.4 Å². The summed E-state index contributed by atoms with van der Waals surface area (Å²) in [6.07, 6.45) is -2.81. The van der Waals surface area contributed by atoms with Crippen LogP contribution in [0.15, 0.2) is 6.07 Å². The molecular weight excluding hydrogens is 234 g/mol. The number of nitrogens with zero attached hydrogens (tertiary/aromatic N) is 1. The molecule has 0 aliphatic heterocycles. The van der Waals surface area contributed by atoms with Crippen LogP contribution in [0, 0.1) is 0 Å². The molecule has 0 spiro atoms. The zero-order chi connectivity index (χ0) is 13.0. The van der Waals surface area contributed by atoms with Gasteiger partial charge in [-0.25, -0.2) is 18.6 Å². The number of carbonyl (C=O) groups excluding carboxylic acids is 1. The van der Waals surface area contributed by atoms with Crippen molar-refractivity contribution in [2.24, 2.45) is 5.73 Å². The molecule has 0 saturated heterocycles. The number of methoxy groups -OCH3 is 2. The Bertz CT molecular complexity index is 424. The summed E-state index contributed by atoms with van der Waals surface area (Å²) in [6, 6.07) is 1.05. The molecule has 0 bridgehead atoms. The van der Waals surface area contributed by atoms with E-state index in [1.54, 1.807) is 0 Å². The van der Waals surface area contributed by atoms with Gasteiger partial charge in [0.2, 0.25) is 0 Å². The fraction of sp³-hybridized carbons (Fsp3) is 0.400. The van der Waals surface area contributed by atoms with Crippen molar-refractivity contribution in [3.05, 3.63) is 23.0 Å². The molecule has 7 heteroatoms. The molecule has 1 aromatic rings. The van der Waals surface area contributed by atoms with Gasteiger partial charge in [-0.3, -0.25) is 0 Å². The quantitative estimate of drug-likeness (QED) is 0.810. The molecular formula is C10H12F2N2O3. The minimum absolute atomic E-state index is 0.0654. The van der Waals surface area contributed by atoms with Crippen LogP contribution in [-0.4, -0.2) is 25.2 Å². The maximum atomic E-state index is 12.6. The van der Waals surface area contributed by atoms with Gasteiger partial charge in [-0.1, -0.05) is 0 Å². The van der Waals surface area contributed by atoms with Crippen molar-refractivity contribution in [3.63, 3.8) is 0 Å². The number of esters is 1. The van der Waals surface area contributed by atoms with Crippen molar-refractivity contribution in [3.8, 4) is 5.75 Å². The Morgan fingerprint density at radius 2 is 2.18 bits per heavy atom. The molecule has 1 rings (SSSR count). The molecule has 0 unspecified atom stereocenters. The van der Waals surface area contributed by atoms with E-state index in [0.717, 1.165) is 13.2 Å². The van der Waals surface area contributed by atoms with E-state index in [9.17, 15) is 13.6 Å². The Morgan fingerprint density at radius 1 is 1.53 bits per heavy atom. The lowest BCUT2D eigenvalue weighted by molar-refractivity contribution is 0.0590. The number of hydrogen-bond donors (Lipinski definition) is 1. The first kappa shape index (κ1) is 13.3. The topological polar surface area (TPSA) is 74.4 Å². The number of rotatable bonds is 4. The third kappa shape index (κ3) is 2.68. The number of aromatic nitrogens is 1. The molecule has 0 radical (unpaired) electrons. The van der Waals surface area contributed by atoms with Gasteiger partial charge >= 0.3 is 5.97 Å². The van der Waals surface area contributed by atoms with Crippen molar-refractivity contribution < 1.29 is 23.0 Å². The number of hydrogen-bond acceptors (Lipinski definition) is 5. The highest BCUT2D eigenvalue weighted by atomic mass is 19.3. The number of pyridine rings is 1. The van der Waals surface area contributed by atoms with E-state index in [2.05, 4.69) is 9.72 Å². The average molecular weight is 246 g/mol. The van der Waals surface area contributed by atoms with E-state index in [-0.39, 0.29) is 23.6 Å². The Hall–Kier alpha value is -1.76. The van der Waals surface area contributed by atoms with Crippen molar-refractivity contribution in [2.75, 3.05) is 14.2 Å². The van der Waals surface area contributed by atoms with E-state index >= 15 is 0 Å². The van der Waals surface area contributed by atoms with Crippen LogP contribution < -0.4 is 10.5 Å². The number of carbonyl (C=O) groups is 1. The number of alkyl halides is 2. The van der Waals surface area contributed by atoms with Crippen LogP contribution in [0.5, 0.6) is 5.75 Å². The van der Waals surface area contributed by atoms with Gasteiger partial charge in [-0.15, -0.1) is 0 Å². The summed E-state index contributed by atoms with van der Waals surface area (Å²) in [5, 5.41) is 0. The Morgan fingerprint density at radius 3 is 2.59 bits per heavy atom. The fourth-order valence-corrected chi connectivity index (χ4v) is 1.32. The SMILES string of the molecule is COC(=O)c1nc(C(F)F)cc(OC)c1CN. The molecule has 0 saturated carbocycles. The van der Waals surface area contributed by atoms with E-state index in [0.29, 0.717) is 0 Å². The maximum Gasteiger partial charge on any atom is 0.357 e. The smallest absolute Gasteiger partial charge is 0.357 e.